The van der Waals surface area contributed by atoms with Gasteiger partial charge in [0.15, 0.2) is 0 Å². The van der Waals surface area contributed by atoms with Crippen molar-refractivity contribution in [2.75, 3.05) is 6.54 Å². The van der Waals surface area contributed by atoms with Crippen LogP contribution in [0, 0.1) is 0 Å². The molecule has 0 amide bonds. The van der Waals surface area contributed by atoms with Crippen molar-refractivity contribution in [2.45, 2.75) is 46.2 Å². The summed E-state index contributed by atoms with van der Waals surface area (Å²) in [4.78, 5) is 13.2. The van der Waals surface area contributed by atoms with Crippen LogP contribution in [0.4, 0.5) is 0 Å². The number of carboxylic acids is 1. The molecular weight excluding hydrogens is 242 g/mol. The summed E-state index contributed by atoms with van der Waals surface area (Å²) >= 11 is 0. The van der Waals surface area contributed by atoms with Crippen molar-refractivity contribution < 1.29 is 15.0 Å². The van der Waals surface area contributed by atoms with Crippen molar-refractivity contribution in [1.29, 1.82) is 0 Å². The van der Waals surface area contributed by atoms with Gasteiger partial charge in [-0.25, -0.2) is 4.79 Å². The Hall–Kier alpha value is -1.55. The van der Waals surface area contributed by atoms with Crippen LogP contribution in [-0.2, 0) is 6.42 Å². The predicted octanol–water partition coefficient (Wildman–Crippen LogP) is 2.75. The van der Waals surface area contributed by atoms with E-state index in [1.54, 1.807) is 12.1 Å². The molecule has 2 N–H and O–H groups in total. The molecule has 0 heterocycles. The topological polar surface area (TPSA) is 60.8 Å². The molecule has 0 atom stereocenters. The second kappa shape index (κ2) is 6.57. The summed E-state index contributed by atoms with van der Waals surface area (Å²) in [5, 5.41) is 18.5. The van der Waals surface area contributed by atoms with Gasteiger partial charge in [0, 0.05) is 18.6 Å². The van der Waals surface area contributed by atoms with Gasteiger partial charge < -0.3 is 10.2 Å². The highest BCUT2D eigenvalue weighted by Crippen LogP contribution is 2.19. The molecule has 1 aromatic carbocycles. The molecule has 0 spiro atoms. The molecule has 0 fully saturated rings. The molecule has 0 unspecified atom stereocenters. The molecule has 0 aliphatic rings. The Labute approximate surface area is 114 Å². The first-order chi connectivity index (χ1) is 8.82. The molecule has 0 bridgehead atoms. The van der Waals surface area contributed by atoms with Crippen LogP contribution in [0.5, 0.6) is 5.75 Å². The monoisotopic (exact) mass is 265 g/mol. The minimum Gasteiger partial charge on any atom is -0.507 e. The van der Waals surface area contributed by atoms with Crippen molar-refractivity contribution >= 4 is 5.97 Å². The zero-order valence-electron chi connectivity index (χ0n) is 12.1. The third-order valence-corrected chi connectivity index (χ3v) is 3.28. The van der Waals surface area contributed by atoms with Gasteiger partial charge in [0.25, 0.3) is 0 Å². The number of rotatable bonds is 6. The van der Waals surface area contributed by atoms with E-state index in [2.05, 4.69) is 32.6 Å². The Balaban J connectivity index is 2.73. The van der Waals surface area contributed by atoms with E-state index in [-0.39, 0.29) is 11.3 Å². The van der Waals surface area contributed by atoms with Gasteiger partial charge in [-0.2, -0.15) is 0 Å². The second-order valence-corrected chi connectivity index (χ2v) is 5.33. The lowest BCUT2D eigenvalue weighted by molar-refractivity contribution is 0.0693. The Morgan fingerprint density at radius 1 is 1.21 bits per heavy atom. The van der Waals surface area contributed by atoms with Crippen molar-refractivity contribution in [3.8, 4) is 5.75 Å². The number of aromatic carboxylic acids is 1. The van der Waals surface area contributed by atoms with Crippen LogP contribution < -0.4 is 0 Å². The van der Waals surface area contributed by atoms with Crippen molar-refractivity contribution in [3.05, 3.63) is 29.3 Å². The van der Waals surface area contributed by atoms with Crippen LogP contribution in [0.3, 0.4) is 0 Å². The molecule has 0 radical (unpaired) electrons. The number of hydrogen-bond acceptors (Lipinski definition) is 3. The number of aromatic hydroxyl groups is 1. The summed E-state index contributed by atoms with van der Waals surface area (Å²) in [5.74, 6) is -1.26. The van der Waals surface area contributed by atoms with Crippen LogP contribution in [-0.4, -0.2) is 39.7 Å². The van der Waals surface area contributed by atoms with E-state index in [0.29, 0.717) is 12.1 Å². The number of benzene rings is 1. The zero-order valence-corrected chi connectivity index (χ0v) is 12.1. The molecule has 0 aliphatic carbocycles. The SMILES string of the molecule is CC(C)N(CCc1ccc(C(=O)O)c(O)c1)C(C)C. The van der Waals surface area contributed by atoms with Crippen molar-refractivity contribution in [2.24, 2.45) is 0 Å². The highest BCUT2D eigenvalue weighted by atomic mass is 16.4. The molecule has 106 valence electrons. The maximum absolute atomic E-state index is 10.8. The quantitative estimate of drug-likeness (QED) is 0.830. The van der Waals surface area contributed by atoms with E-state index in [1.807, 2.05) is 0 Å². The highest BCUT2D eigenvalue weighted by molar-refractivity contribution is 5.90. The standard InChI is InChI=1S/C15H23NO3/c1-10(2)16(11(3)4)8-7-12-5-6-13(15(18)19)14(17)9-12/h5-6,9-11,17H,7-8H2,1-4H3,(H,18,19). The van der Waals surface area contributed by atoms with E-state index < -0.39 is 5.97 Å². The lowest BCUT2D eigenvalue weighted by Gasteiger charge is -2.30. The Kier molecular flexibility index (Phi) is 5.36. The first-order valence-electron chi connectivity index (χ1n) is 6.63. The number of hydrogen-bond donors (Lipinski definition) is 2. The summed E-state index contributed by atoms with van der Waals surface area (Å²) in [5.41, 5.74) is 0.905. The molecule has 1 aromatic rings. The summed E-state index contributed by atoms with van der Waals surface area (Å²) in [6, 6.07) is 5.70. The predicted molar refractivity (Wildman–Crippen MR) is 75.7 cm³/mol. The smallest absolute Gasteiger partial charge is 0.339 e. The van der Waals surface area contributed by atoms with E-state index in [1.165, 1.54) is 6.07 Å². The van der Waals surface area contributed by atoms with Crippen molar-refractivity contribution in [3.63, 3.8) is 0 Å². The molecule has 19 heavy (non-hydrogen) atoms. The molecule has 4 nitrogen and oxygen atoms in total. The maximum atomic E-state index is 10.8. The first-order valence-corrected chi connectivity index (χ1v) is 6.63. The fourth-order valence-corrected chi connectivity index (χ4v) is 2.28. The normalized spacial score (nSPS) is 11.5. The van der Waals surface area contributed by atoms with E-state index in [4.69, 9.17) is 5.11 Å². The number of carboxylic acid groups (broad SMARTS) is 1. The Morgan fingerprint density at radius 2 is 1.79 bits per heavy atom. The third-order valence-electron chi connectivity index (χ3n) is 3.28. The molecule has 0 aliphatic heterocycles. The summed E-state index contributed by atoms with van der Waals surface area (Å²) in [6.45, 7) is 9.52. The average Bonchev–Trinajstić information content (AvgIpc) is 2.27. The minimum atomic E-state index is -1.10. The largest absolute Gasteiger partial charge is 0.507 e. The van der Waals surface area contributed by atoms with Crippen LogP contribution in [0.2, 0.25) is 0 Å². The number of nitrogens with zero attached hydrogens (tertiary/aromatic N) is 1. The zero-order chi connectivity index (χ0) is 14.6. The average molecular weight is 265 g/mol. The van der Waals surface area contributed by atoms with Crippen LogP contribution >= 0.6 is 0 Å². The summed E-state index contributed by atoms with van der Waals surface area (Å²) in [6.07, 6.45) is 0.795. The van der Waals surface area contributed by atoms with Crippen LogP contribution in [0.25, 0.3) is 0 Å². The molecule has 0 saturated heterocycles. The van der Waals surface area contributed by atoms with Gasteiger partial charge in [0.1, 0.15) is 11.3 Å². The molecule has 0 saturated carbocycles. The molecular formula is C15H23NO3. The van der Waals surface area contributed by atoms with Crippen LogP contribution in [0.15, 0.2) is 18.2 Å². The van der Waals surface area contributed by atoms with Gasteiger partial charge in [-0.1, -0.05) is 6.07 Å². The van der Waals surface area contributed by atoms with Gasteiger partial charge >= 0.3 is 5.97 Å². The number of phenols is 1. The number of carbonyl (C=O) groups is 1. The van der Waals surface area contributed by atoms with E-state index in [9.17, 15) is 9.90 Å². The van der Waals surface area contributed by atoms with E-state index in [0.717, 1.165) is 18.5 Å². The van der Waals surface area contributed by atoms with Crippen LogP contribution in [0.1, 0.15) is 43.6 Å². The molecule has 0 aromatic heterocycles. The summed E-state index contributed by atoms with van der Waals surface area (Å²) < 4.78 is 0. The highest BCUT2D eigenvalue weighted by Gasteiger charge is 2.14. The first kappa shape index (κ1) is 15.5. The fourth-order valence-electron chi connectivity index (χ4n) is 2.28. The van der Waals surface area contributed by atoms with Gasteiger partial charge in [-0.05, 0) is 51.8 Å². The van der Waals surface area contributed by atoms with Gasteiger partial charge in [0.2, 0.25) is 0 Å². The minimum absolute atomic E-state index is 0.0478. The second-order valence-electron chi connectivity index (χ2n) is 5.33. The van der Waals surface area contributed by atoms with Gasteiger partial charge in [-0.15, -0.1) is 0 Å². The molecule has 4 heteroatoms. The van der Waals surface area contributed by atoms with E-state index >= 15 is 0 Å². The third kappa shape index (κ3) is 4.24. The van der Waals surface area contributed by atoms with Gasteiger partial charge in [0.05, 0.1) is 0 Å². The van der Waals surface area contributed by atoms with Crippen molar-refractivity contribution in [1.82, 2.24) is 4.90 Å². The Bertz CT molecular complexity index is 433. The molecule has 1 rings (SSSR count). The Morgan fingerprint density at radius 3 is 2.21 bits per heavy atom. The van der Waals surface area contributed by atoms with Gasteiger partial charge in [-0.3, -0.25) is 4.90 Å². The lowest BCUT2D eigenvalue weighted by Crippen LogP contribution is -2.38. The fraction of sp³-hybridized carbons (Fsp3) is 0.533. The lowest BCUT2D eigenvalue weighted by atomic mass is 10.1. The summed E-state index contributed by atoms with van der Waals surface area (Å²) in [7, 11) is 0. The maximum Gasteiger partial charge on any atom is 0.339 e.